The molecule has 2 rings (SSSR count). The minimum Gasteiger partial charge on any atom is -0.436 e. The number of aliphatic hydroxyl groups is 1. The van der Waals surface area contributed by atoms with Gasteiger partial charge in [0.1, 0.15) is 5.82 Å². The number of nitrogens with zero attached hydrogens (tertiary/aromatic N) is 1. The van der Waals surface area contributed by atoms with Crippen molar-refractivity contribution in [2.45, 2.75) is 13.5 Å². The zero-order valence-electron chi connectivity index (χ0n) is 9.65. The van der Waals surface area contributed by atoms with Crippen molar-refractivity contribution < 1.29 is 18.6 Å². The molecule has 0 aliphatic rings. The molecule has 2 aromatic rings. The molecule has 0 fully saturated rings. The smallest absolute Gasteiger partial charge is 0.219 e. The van der Waals surface area contributed by atoms with Crippen LogP contribution in [0.4, 0.5) is 8.78 Å². The zero-order chi connectivity index (χ0) is 13.1. The molecule has 0 saturated heterocycles. The maximum Gasteiger partial charge on any atom is 0.219 e. The molecule has 0 saturated carbocycles. The Morgan fingerprint density at radius 2 is 2.00 bits per heavy atom. The number of benzene rings is 1. The van der Waals surface area contributed by atoms with Crippen molar-refractivity contribution >= 4 is 0 Å². The fraction of sp³-hybridized carbons (Fsp3) is 0.154. The highest BCUT2D eigenvalue weighted by atomic mass is 19.1. The molecule has 1 aromatic heterocycles. The third kappa shape index (κ3) is 2.62. The Bertz CT molecular complexity index is 573. The van der Waals surface area contributed by atoms with Crippen LogP contribution >= 0.6 is 0 Å². The monoisotopic (exact) mass is 251 g/mol. The van der Waals surface area contributed by atoms with Crippen molar-refractivity contribution in [1.82, 2.24) is 4.98 Å². The average molecular weight is 251 g/mol. The van der Waals surface area contributed by atoms with Gasteiger partial charge in [-0.3, -0.25) is 0 Å². The van der Waals surface area contributed by atoms with Gasteiger partial charge in [-0.2, -0.15) is 0 Å². The van der Waals surface area contributed by atoms with Gasteiger partial charge in [0.15, 0.2) is 11.6 Å². The van der Waals surface area contributed by atoms with E-state index in [1.165, 1.54) is 6.07 Å². The maximum absolute atomic E-state index is 13.3. The van der Waals surface area contributed by atoms with E-state index in [4.69, 9.17) is 9.84 Å². The van der Waals surface area contributed by atoms with Gasteiger partial charge in [-0.15, -0.1) is 0 Å². The van der Waals surface area contributed by atoms with Crippen molar-refractivity contribution in [1.29, 1.82) is 0 Å². The molecule has 5 heteroatoms. The lowest BCUT2D eigenvalue weighted by atomic mass is 10.2. The molecule has 0 bridgehead atoms. The molecule has 0 spiro atoms. The summed E-state index contributed by atoms with van der Waals surface area (Å²) in [4.78, 5) is 4.04. The highest BCUT2D eigenvalue weighted by molar-refractivity contribution is 5.31. The summed E-state index contributed by atoms with van der Waals surface area (Å²) >= 11 is 0. The van der Waals surface area contributed by atoms with Crippen LogP contribution in [0.5, 0.6) is 11.6 Å². The summed E-state index contributed by atoms with van der Waals surface area (Å²) in [6, 6.07) is 6.05. The van der Waals surface area contributed by atoms with Gasteiger partial charge in [-0.25, -0.2) is 13.8 Å². The van der Waals surface area contributed by atoms with Gasteiger partial charge in [0.2, 0.25) is 5.88 Å². The van der Waals surface area contributed by atoms with Crippen LogP contribution in [0.25, 0.3) is 0 Å². The van der Waals surface area contributed by atoms with Crippen LogP contribution in [-0.4, -0.2) is 10.1 Å². The van der Waals surface area contributed by atoms with Crippen molar-refractivity contribution in [3.63, 3.8) is 0 Å². The Morgan fingerprint density at radius 1 is 1.22 bits per heavy atom. The Kier molecular flexibility index (Phi) is 3.53. The third-order valence-corrected chi connectivity index (χ3v) is 2.45. The lowest BCUT2D eigenvalue weighted by Crippen LogP contribution is -1.96. The fourth-order valence-electron chi connectivity index (χ4n) is 1.46. The standard InChI is InChI=1S/C13H11F2NO2/c1-8-9(7-17)2-5-13(16-8)18-12-6-10(14)3-4-11(12)15/h2-6,17H,7H2,1H3. The van der Waals surface area contributed by atoms with Crippen LogP contribution in [0.2, 0.25) is 0 Å². The number of pyridine rings is 1. The quantitative estimate of drug-likeness (QED) is 0.911. The Balaban J connectivity index is 2.28. The Hall–Kier alpha value is -2.01. The van der Waals surface area contributed by atoms with Gasteiger partial charge in [0.25, 0.3) is 0 Å². The van der Waals surface area contributed by atoms with E-state index in [9.17, 15) is 8.78 Å². The Morgan fingerprint density at radius 3 is 2.67 bits per heavy atom. The van der Waals surface area contributed by atoms with Crippen LogP contribution in [0.1, 0.15) is 11.3 Å². The van der Waals surface area contributed by atoms with Gasteiger partial charge in [-0.1, -0.05) is 0 Å². The van der Waals surface area contributed by atoms with Crippen molar-refractivity contribution in [3.05, 3.63) is 53.2 Å². The molecule has 0 amide bonds. The second-order valence-corrected chi connectivity index (χ2v) is 3.73. The lowest BCUT2D eigenvalue weighted by molar-refractivity contribution is 0.280. The van der Waals surface area contributed by atoms with Crippen LogP contribution in [-0.2, 0) is 6.61 Å². The van der Waals surface area contributed by atoms with Crippen molar-refractivity contribution in [3.8, 4) is 11.6 Å². The van der Waals surface area contributed by atoms with E-state index in [1.54, 1.807) is 13.0 Å². The molecule has 1 N–H and O–H groups in total. The first kappa shape index (κ1) is 12.4. The topological polar surface area (TPSA) is 42.4 Å². The highest BCUT2D eigenvalue weighted by Crippen LogP contribution is 2.24. The number of rotatable bonds is 3. The predicted molar refractivity (Wildman–Crippen MR) is 61.3 cm³/mol. The largest absolute Gasteiger partial charge is 0.436 e. The molecule has 94 valence electrons. The van der Waals surface area contributed by atoms with Crippen LogP contribution in [0.3, 0.4) is 0 Å². The molecular formula is C13H11F2NO2. The summed E-state index contributed by atoms with van der Waals surface area (Å²) in [7, 11) is 0. The number of aryl methyl sites for hydroxylation is 1. The summed E-state index contributed by atoms with van der Waals surface area (Å²) in [6.07, 6.45) is 0. The molecule has 0 unspecified atom stereocenters. The second kappa shape index (κ2) is 5.10. The summed E-state index contributed by atoms with van der Waals surface area (Å²) in [5.74, 6) is -1.33. The van der Waals surface area contributed by atoms with E-state index >= 15 is 0 Å². The first-order chi connectivity index (χ1) is 8.60. The molecule has 18 heavy (non-hydrogen) atoms. The van der Waals surface area contributed by atoms with Crippen LogP contribution in [0.15, 0.2) is 30.3 Å². The summed E-state index contributed by atoms with van der Waals surface area (Å²) in [5.41, 5.74) is 1.23. The van der Waals surface area contributed by atoms with E-state index in [2.05, 4.69) is 4.98 Å². The van der Waals surface area contributed by atoms with Gasteiger partial charge in [0, 0.05) is 17.8 Å². The number of aliphatic hydroxyl groups excluding tert-OH is 1. The first-order valence-electron chi connectivity index (χ1n) is 5.30. The normalized spacial score (nSPS) is 10.4. The van der Waals surface area contributed by atoms with E-state index in [-0.39, 0.29) is 18.2 Å². The van der Waals surface area contributed by atoms with E-state index in [1.807, 2.05) is 0 Å². The first-order valence-corrected chi connectivity index (χ1v) is 5.30. The number of hydrogen-bond donors (Lipinski definition) is 1. The van der Waals surface area contributed by atoms with Gasteiger partial charge < -0.3 is 9.84 Å². The van der Waals surface area contributed by atoms with E-state index in [0.717, 1.165) is 18.2 Å². The molecule has 1 aromatic carbocycles. The summed E-state index contributed by atoms with van der Waals surface area (Å²) < 4.78 is 31.5. The van der Waals surface area contributed by atoms with Crippen molar-refractivity contribution in [2.75, 3.05) is 0 Å². The average Bonchev–Trinajstić information content (AvgIpc) is 2.34. The minimum atomic E-state index is -0.665. The number of aromatic nitrogens is 1. The van der Waals surface area contributed by atoms with Gasteiger partial charge in [-0.05, 0) is 30.7 Å². The summed E-state index contributed by atoms with van der Waals surface area (Å²) in [5, 5.41) is 8.99. The zero-order valence-corrected chi connectivity index (χ0v) is 9.65. The van der Waals surface area contributed by atoms with Gasteiger partial charge in [0.05, 0.1) is 6.61 Å². The molecule has 0 atom stereocenters. The maximum atomic E-state index is 13.3. The SMILES string of the molecule is Cc1nc(Oc2cc(F)ccc2F)ccc1CO. The fourth-order valence-corrected chi connectivity index (χ4v) is 1.46. The molecule has 0 radical (unpaired) electrons. The summed E-state index contributed by atoms with van der Waals surface area (Å²) in [6.45, 7) is 1.56. The molecule has 3 nitrogen and oxygen atoms in total. The third-order valence-electron chi connectivity index (χ3n) is 2.45. The number of hydrogen-bond acceptors (Lipinski definition) is 3. The Labute approximate surface area is 103 Å². The number of ether oxygens (including phenoxy) is 1. The molecule has 1 heterocycles. The van der Waals surface area contributed by atoms with Crippen LogP contribution < -0.4 is 4.74 Å². The van der Waals surface area contributed by atoms with E-state index < -0.39 is 11.6 Å². The van der Waals surface area contributed by atoms with Crippen molar-refractivity contribution in [2.24, 2.45) is 0 Å². The minimum absolute atomic E-state index is 0.132. The van der Waals surface area contributed by atoms with Crippen LogP contribution in [0, 0.1) is 18.6 Å². The lowest BCUT2D eigenvalue weighted by Gasteiger charge is -2.08. The van der Waals surface area contributed by atoms with E-state index in [0.29, 0.717) is 11.3 Å². The molecular weight excluding hydrogens is 240 g/mol. The highest BCUT2D eigenvalue weighted by Gasteiger charge is 2.08. The second-order valence-electron chi connectivity index (χ2n) is 3.73. The molecule has 0 aliphatic carbocycles. The number of halogens is 2. The predicted octanol–water partition coefficient (Wildman–Crippen LogP) is 2.95. The molecule has 0 aliphatic heterocycles. The van der Waals surface area contributed by atoms with Gasteiger partial charge >= 0.3 is 0 Å².